The van der Waals surface area contributed by atoms with Gasteiger partial charge < -0.3 is 19.6 Å². The van der Waals surface area contributed by atoms with Gasteiger partial charge >= 0.3 is 5.97 Å². The summed E-state index contributed by atoms with van der Waals surface area (Å²) in [6.45, 7) is 3.96. The maximum atomic E-state index is 12.2. The lowest BCUT2D eigenvalue weighted by molar-refractivity contribution is 0.0595. The van der Waals surface area contributed by atoms with Crippen LogP contribution in [0.3, 0.4) is 0 Å². The van der Waals surface area contributed by atoms with E-state index in [2.05, 4.69) is 4.98 Å². The molecule has 0 aliphatic rings. The fourth-order valence-electron chi connectivity index (χ4n) is 2.83. The minimum atomic E-state index is -0.445. The van der Waals surface area contributed by atoms with E-state index in [1.807, 2.05) is 38.1 Å². The SMILES string of the molecule is COC(=O)c1[nH]cc(-c2ccc(OC(C)C)cc2)c1-c1ccc(O)cc1. The molecule has 2 aromatic carbocycles. The number of aromatic amines is 1. The molecule has 0 fully saturated rings. The number of carbonyl (C=O) groups excluding carboxylic acids is 1. The molecule has 3 rings (SSSR count). The average Bonchev–Trinajstić information content (AvgIpc) is 3.07. The first kappa shape index (κ1) is 17.6. The van der Waals surface area contributed by atoms with E-state index >= 15 is 0 Å². The van der Waals surface area contributed by atoms with E-state index < -0.39 is 5.97 Å². The molecule has 0 aliphatic carbocycles. The molecule has 5 heteroatoms. The number of H-pyrrole nitrogens is 1. The van der Waals surface area contributed by atoms with Crippen LogP contribution in [0.5, 0.6) is 11.5 Å². The van der Waals surface area contributed by atoms with E-state index in [0.29, 0.717) is 5.69 Å². The van der Waals surface area contributed by atoms with Gasteiger partial charge in [-0.3, -0.25) is 0 Å². The van der Waals surface area contributed by atoms with Crippen molar-refractivity contribution >= 4 is 5.97 Å². The van der Waals surface area contributed by atoms with E-state index in [-0.39, 0.29) is 11.9 Å². The monoisotopic (exact) mass is 351 g/mol. The predicted octanol–water partition coefficient (Wildman–Crippen LogP) is 4.63. The number of aromatic hydroxyl groups is 1. The van der Waals surface area contributed by atoms with E-state index in [4.69, 9.17) is 9.47 Å². The van der Waals surface area contributed by atoms with Crippen LogP contribution in [0.1, 0.15) is 24.3 Å². The van der Waals surface area contributed by atoms with Crippen LogP contribution in [0.4, 0.5) is 0 Å². The summed E-state index contributed by atoms with van der Waals surface area (Å²) >= 11 is 0. The first-order chi connectivity index (χ1) is 12.5. The number of methoxy groups -OCH3 is 1. The van der Waals surface area contributed by atoms with Crippen LogP contribution < -0.4 is 4.74 Å². The molecule has 3 aromatic rings. The fourth-order valence-corrected chi connectivity index (χ4v) is 2.83. The van der Waals surface area contributed by atoms with Crippen molar-refractivity contribution in [1.82, 2.24) is 4.98 Å². The summed E-state index contributed by atoms with van der Waals surface area (Å²) in [4.78, 5) is 15.2. The number of phenolic OH excluding ortho intramolecular Hbond substituents is 1. The lowest BCUT2D eigenvalue weighted by atomic mass is 9.96. The molecule has 0 radical (unpaired) electrons. The Morgan fingerprint density at radius 2 is 1.62 bits per heavy atom. The zero-order chi connectivity index (χ0) is 18.7. The number of rotatable bonds is 5. The van der Waals surface area contributed by atoms with Gasteiger partial charge in [-0.2, -0.15) is 0 Å². The molecule has 2 N–H and O–H groups in total. The first-order valence-electron chi connectivity index (χ1n) is 8.35. The van der Waals surface area contributed by atoms with Crippen molar-refractivity contribution in [2.45, 2.75) is 20.0 Å². The van der Waals surface area contributed by atoms with Gasteiger partial charge in [-0.05, 0) is 49.2 Å². The largest absolute Gasteiger partial charge is 0.508 e. The summed E-state index contributed by atoms with van der Waals surface area (Å²) < 4.78 is 10.6. The standard InChI is InChI=1S/C21H21NO4/c1-13(2)26-17-10-6-14(7-11-17)18-12-22-20(21(24)25-3)19(18)15-4-8-16(23)9-5-15/h4-13,22-23H,1-3H3. The van der Waals surface area contributed by atoms with Crippen molar-refractivity contribution in [3.63, 3.8) is 0 Å². The van der Waals surface area contributed by atoms with Gasteiger partial charge in [0, 0.05) is 17.3 Å². The third kappa shape index (κ3) is 3.57. The summed E-state index contributed by atoms with van der Waals surface area (Å²) in [5.41, 5.74) is 3.72. The highest BCUT2D eigenvalue weighted by Crippen LogP contribution is 2.36. The van der Waals surface area contributed by atoms with Gasteiger partial charge in [0.15, 0.2) is 0 Å². The molecule has 0 atom stereocenters. The summed E-state index contributed by atoms with van der Waals surface area (Å²) in [5, 5.41) is 9.55. The van der Waals surface area contributed by atoms with E-state index in [1.165, 1.54) is 7.11 Å². The molecule has 26 heavy (non-hydrogen) atoms. The van der Waals surface area contributed by atoms with Crippen LogP contribution in [0.15, 0.2) is 54.7 Å². The zero-order valence-electron chi connectivity index (χ0n) is 14.9. The van der Waals surface area contributed by atoms with E-state index in [1.54, 1.807) is 30.5 Å². The number of phenols is 1. The Balaban J connectivity index is 2.08. The van der Waals surface area contributed by atoms with Crippen molar-refractivity contribution in [1.29, 1.82) is 0 Å². The molecule has 0 aliphatic heterocycles. The summed E-state index contributed by atoms with van der Waals surface area (Å²) in [5.74, 6) is 0.512. The Morgan fingerprint density at radius 3 is 2.19 bits per heavy atom. The van der Waals surface area contributed by atoms with Crippen molar-refractivity contribution in [2.75, 3.05) is 7.11 Å². The molecule has 0 saturated carbocycles. The summed E-state index contributed by atoms with van der Waals surface area (Å²) in [6, 6.07) is 14.4. The number of carbonyl (C=O) groups is 1. The first-order valence-corrected chi connectivity index (χ1v) is 8.35. The Hall–Kier alpha value is -3.21. The number of nitrogens with one attached hydrogen (secondary N) is 1. The number of ether oxygens (including phenoxy) is 2. The van der Waals surface area contributed by atoms with Crippen molar-refractivity contribution < 1.29 is 19.4 Å². The lowest BCUT2D eigenvalue weighted by Gasteiger charge is -2.11. The molecule has 0 bridgehead atoms. The summed E-state index contributed by atoms with van der Waals surface area (Å²) in [6.07, 6.45) is 1.89. The van der Waals surface area contributed by atoms with E-state index in [9.17, 15) is 9.90 Å². The number of hydrogen-bond acceptors (Lipinski definition) is 4. The van der Waals surface area contributed by atoms with Crippen LogP contribution in [-0.4, -0.2) is 29.3 Å². The van der Waals surface area contributed by atoms with Gasteiger partial charge in [0.05, 0.1) is 13.2 Å². The molecule has 134 valence electrons. The van der Waals surface area contributed by atoms with Crippen LogP contribution >= 0.6 is 0 Å². The van der Waals surface area contributed by atoms with Gasteiger partial charge in [-0.1, -0.05) is 24.3 Å². The third-order valence-electron chi connectivity index (χ3n) is 3.96. The molecule has 0 unspecified atom stereocenters. The maximum absolute atomic E-state index is 12.2. The summed E-state index contributed by atoms with van der Waals surface area (Å²) in [7, 11) is 1.35. The molecule has 0 spiro atoms. The molecule has 5 nitrogen and oxygen atoms in total. The number of hydrogen-bond donors (Lipinski definition) is 2. The highest BCUT2D eigenvalue weighted by Gasteiger charge is 2.20. The van der Waals surface area contributed by atoms with Gasteiger partial charge in [0.25, 0.3) is 0 Å². The zero-order valence-corrected chi connectivity index (χ0v) is 14.9. The topological polar surface area (TPSA) is 71.6 Å². The normalized spacial score (nSPS) is 10.8. The minimum Gasteiger partial charge on any atom is -0.508 e. The van der Waals surface area contributed by atoms with Crippen LogP contribution in [-0.2, 0) is 4.74 Å². The number of benzene rings is 2. The van der Waals surface area contributed by atoms with E-state index in [0.717, 1.165) is 28.0 Å². The fraction of sp³-hybridized carbons (Fsp3) is 0.190. The van der Waals surface area contributed by atoms with Gasteiger partial charge in [0.2, 0.25) is 0 Å². The Labute approximate surface area is 152 Å². The minimum absolute atomic E-state index is 0.103. The van der Waals surface area contributed by atoms with Gasteiger partial charge in [-0.25, -0.2) is 4.79 Å². The predicted molar refractivity (Wildman–Crippen MR) is 100 cm³/mol. The van der Waals surface area contributed by atoms with Crippen LogP contribution in [0.2, 0.25) is 0 Å². The van der Waals surface area contributed by atoms with Crippen molar-refractivity contribution in [3.8, 4) is 33.8 Å². The maximum Gasteiger partial charge on any atom is 0.355 e. The molecule has 1 aromatic heterocycles. The van der Waals surface area contributed by atoms with Crippen LogP contribution in [0.25, 0.3) is 22.3 Å². The van der Waals surface area contributed by atoms with Crippen molar-refractivity contribution in [2.24, 2.45) is 0 Å². The molecular formula is C21H21NO4. The second-order valence-corrected chi connectivity index (χ2v) is 6.18. The molecule has 1 heterocycles. The smallest absolute Gasteiger partial charge is 0.355 e. The Morgan fingerprint density at radius 1 is 1.00 bits per heavy atom. The molecule has 0 saturated heterocycles. The number of esters is 1. The molecular weight excluding hydrogens is 330 g/mol. The highest BCUT2D eigenvalue weighted by atomic mass is 16.5. The quantitative estimate of drug-likeness (QED) is 0.658. The molecule has 0 amide bonds. The third-order valence-corrected chi connectivity index (χ3v) is 3.96. The highest BCUT2D eigenvalue weighted by molar-refractivity contribution is 6.01. The van der Waals surface area contributed by atoms with Gasteiger partial charge in [0.1, 0.15) is 17.2 Å². The lowest BCUT2D eigenvalue weighted by Crippen LogP contribution is -2.05. The van der Waals surface area contributed by atoms with Crippen LogP contribution in [0, 0.1) is 0 Å². The second kappa shape index (κ2) is 7.35. The Bertz CT molecular complexity index is 893. The van der Waals surface area contributed by atoms with Gasteiger partial charge in [-0.15, -0.1) is 0 Å². The number of aromatic nitrogens is 1. The second-order valence-electron chi connectivity index (χ2n) is 6.18. The Kier molecular flexibility index (Phi) is 4.98. The van der Waals surface area contributed by atoms with Crippen molar-refractivity contribution in [3.05, 3.63) is 60.4 Å². The average molecular weight is 351 g/mol.